The largest absolute Gasteiger partial charge is 0.103 e. The third-order valence-corrected chi connectivity index (χ3v) is 3.17. The van der Waals surface area contributed by atoms with E-state index in [1.165, 1.54) is 70.6 Å². The lowest BCUT2D eigenvalue weighted by Gasteiger charge is -1.99. The molecule has 0 amide bonds. The molecule has 0 aliphatic rings. The van der Waals surface area contributed by atoms with Gasteiger partial charge in [0.1, 0.15) is 0 Å². The van der Waals surface area contributed by atoms with Crippen molar-refractivity contribution < 1.29 is 0 Å². The number of allylic oxidation sites excluding steroid dienone is 3. The summed E-state index contributed by atoms with van der Waals surface area (Å²) in [5, 5.41) is 0. The molecule has 0 aromatic heterocycles. The van der Waals surface area contributed by atoms with Gasteiger partial charge in [0.05, 0.1) is 0 Å². The molecule has 0 N–H and O–H groups in total. The highest BCUT2D eigenvalue weighted by Crippen LogP contribution is 2.10. The van der Waals surface area contributed by atoms with Crippen LogP contribution in [0.15, 0.2) is 24.8 Å². The van der Waals surface area contributed by atoms with E-state index in [2.05, 4.69) is 25.7 Å². The normalized spacial score (nSPS) is 11.1. The lowest BCUT2D eigenvalue weighted by Crippen LogP contribution is -1.80. The Kier molecular flexibility index (Phi) is 15.0. The maximum atomic E-state index is 3.73. The predicted molar refractivity (Wildman–Crippen MR) is 80.4 cm³/mol. The second-order valence-electron chi connectivity index (χ2n) is 4.95. The first kappa shape index (κ1) is 16.5. The first-order valence-corrected chi connectivity index (χ1v) is 7.67. The zero-order valence-electron chi connectivity index (χ0n) is 11.9. The van der Waals surface area contributed by atoms with Crippen molar-refractivity contribution in [3.63, 3.8) is 0 Å². The van der Waals surface area contributed by atoms with Crippen molar-refractivity contribution in [3.8, 4) is 0 Å². The fourth-order valence-corrected chi connectivity index (χ4v) is 2.01. The van der Waals surface area contributed by atoms with Gasteiger partial charge in [-0.3, -0.25) is 0 Å². The topological polar surface area (TPSA) is 0 Å². The molecule has 0 nitrogen and oxygen atoms in total. The Hall–Kier alpha value is -0.520. The first-order chi connectivity index (χ1) is 8.41. The van der Waals surface area contributed by atoms with Crippen LogP contribution in [0.5, 0.6) is 0 Å². The van der Waals surface area contributed by atoms with Crippen molar-refractivity contribution in [2.75, 3.05) is 0 Å². The van der Waals surface area contributed by atoms with Crippen LogP contribution < -0.4 is 0 Å². The summed E-state index contributed by atoms with van der Waals surface area (Å²) in [6.07, 6.45) is 23.0. The number of rotatable bonds is 13. The van der Waals surface area contributed by atoms with E-state index < -0.39 is 0 Å². The molecule has 17 heavy (non-hydrogen) atoms. The van der Waals surface area contributed by atoms with Crippen LogP contribution in [-0.2, 0) is 0 Å². The molecule has 0 atom stereocenters. The van der Waals surface area contributed by atoms with E-state index in [9.17, 15) is 0 Å². The Morgan fingerprint density at radius 2 is 1.18 bits per heavy atom. The average molecular weight is 236 g/mol. The highest BCUT2D eigenvalue weighted by molar-refractivity contribution is 4.82. The highest BCUT2D eigenvalue weighted by Gasteiger charge is 1.90. The zero-order valence-corrected chi connectivity index (χ0v) is 11.9. The summed E-state index contributed by atoms with van der Waals surface area (Å²) < 4.78 is 0. The van der Waals surface area contributed by atoms with E-state index in [0.29, 0.717) is 0 Å². The summed E-state index contributed by atoms with van der Waals surface area (Å²) in [6, 6.07) is 0. The fourth-order valence-electron chi connectivity index (χ4n) is 2.01. The standard InChI is InChI=1S/C17H32/c1-3-5-7-9-11-13-15-17-16-14-12-10-8-6-4-2/h3,11,13H,1,4-10,12,14-17H2,2H3/b13-11-. The monoisotopic (exact) mass is 236 g/mol. The van der Waals surface area contributed by atoms with Gasteiger partial charge in [0.25, 0.3) is 0 Å². The van der Waals surface area contributed by atoms with Crippen LogP contribution in [0, 0.1) is 0 Å². The molecule has 0 saturated heterocycles. The smallest absolute Gasteiger partial charge is 0.0348 e. The van der Waals surface area contributed by atoms with Crippen molar-refractivity contribution in [1.82, 2.24) is 0 Å². The first-order valence-electron chi connectivity index (χ1n) is 7.67. The molecule has 0 heteroatoms. The molecule has 0 radical (unpaired) electrons. The predicted octanol–water partition coefficient (Wildman–Crippen LogP) is 6.43. The van der Waals surface area contributed by atoms with Crippen molar-refractivity contribution in [1.29, 1.82) is 0 Å². The van der Waals surface area contributed by atoms with Crippen molar-refractivity contribution in [2.45, 2.75) is 84.0 Å². The Balaban J connectivity index is 3.00. The van der Waals surface area contributed by atoms with Gasteiger partial charge in [0, 0.05) is 0 Å². The highest BCUT2D eigenvalue weighted by atomic mass is 14.0. The molecule has 0 rings (SSSR count). The molecular weight excluding hydrogens is 204 g/mol. The van der Waals surface area contributed by atoms with E-state index in [4.69, 9.17) is 0 Å². The molecule has 0 spiro atoms. The van der Waals surface area contributed by atoms with Crippen LogP contribution >= 0.6 is 0 Å². The minimum Gasteiger partial charge on any atom is -0.103 e. The lowest BCUT2D eigenvalue weighted by atomic mass is 10.1. The molecule has 0 heterocycles. The van der Waals surface area contributed by atoms with Crippen molar-refractivity contribution in [2.24, 2.45) is 0 Å². The molecule has 0 saturated carbocycles. The van der Waals surface area contributed by atoms with Crippen LogP contribution in [-0.4, -0.2) is 0 Å². The van der Waals surface area contributed by atoms with Crippen LogP contribution in [0.2, 0.25) is 0 Å². The van der Waals surface area contributed by atoms with E-state index in [1.54, 1.807) is 0 Å². The maximum absolute atomic E-state index is 3.73. The average Bonchev–Trinajstić information content (AvgIpc) is 2.35. The SMILES string of the molecule is C=CCCC/C=C\CCCCCCCCCC. The number of hydrogen-bond donors (Lipinski definition) is 0. The van der Waals surface area contributed by atoms with Crippen LogP contribution in [0.3, 0.4) is 0 Å². The van der Waals surface area contributed by atoms with Crippen molar-refractivity contribution in [3.05, 3.63) is 24.8 Å². The van der Waals surface area contributed by atoms with E-state index in [-0.39, 0.29) is 0 Å². The van der Waals surface area contributed by atoms with E-state index in [1.807, 2.05) is 6.08 Å². The van der Waals surface area contributed by atoms with Gasteiger partial charge in [-0.2, -0.15) is 0 Å². The second kappa shape index (κ2) is 15.5. The zero-order chi connectivity index (χ0) is 12.6. The Bertz CT molecular complexity index is 167. The van der Waals surface area contributed by atoms with Gasteiger partial charge in [-0.05, 0) is 32.1 Å². The Morgan fingerprint density at radius 3 is 1.76 bits per heavy atom. The lowest BCUT2D eigenvalue weighted by molar-refractivity contribution is 0.577. The molecular formula is C17H32. The van der Waals surface area contributed by atoms with Crippen LogP contribution in [0.1, 0.15) is 84.0 Å². The van der Waals surface area contributed by atoms with Gasteiger partial charge in [0.2, 0.25) is 0 Å². The van der Waals surface area contributed by atoms with Gasteiger partial charge >= 0.3 is 0 Å². The van der Waals surface area contributed by atoms with Crippen LogP contribution in [0.25, 0.3) is 0 Å². The van der Waals surface area contributed by atoms with Gasteiger partial charge in [-0.1, -0.05) is 70.1 Å². The van der Waals surface area contributed by atoms with Crippen LogP contribution in [0.4, 0.5) is 0 Å². The minimum atomic E-state index is 1.15. The molecule has 0 aliphatic heterocycles. The Labute approximate surface area is 109 Å². The quantitative estimate of drug-likeness (QED) is 0.255. The molecule has 0 fully saturated rings. The summed E-state index contributed by atoms with van der Waals surface area (Å²) in [4.78, 5) is 0. The van der Waals surface area contributed by atoms with Gasteiger partial charge in [-0.25, -0.2) is 0 Å². The maximum Gasteiger partial charge on any atom is -0.0348 e. The summed E-state index contributed by atoms with van der Waals surface area (Å²) in [5.41, 5.74) is 0. The molecule has 0 aromatic rings. The fraction of sp³-hybridized carbons (Fsp3) is 0.765. The number of hydrogen-bond acceptors (Lipinski definition) is 0. The molecule has 0 unspecified atom stereocenters. The summed E-state index contributed by atoms with van der Waals surface area (Å²) in [6.45, 7) is 6.01. The molecule has 100 valence electrons. The van der Waals surface area contributed by atoms with E-state index in [0.717, 1.165) is 6.42 Å². The van der Waals surface area contributed by atoms with Gasteiger partial charge in [0.15, 0.2) is 0 Å². The summed E-state index contributed by atoms with van der Waals surface area (Å²) in [5.74, 6) is 0. The molecule has 0 aromatic carbocycles. The third kappa shape index (κ3) is 15.5. The molecule has 0 aliphatic carbocycles. The van der Waals surface area contributed by atoms with Gasteiger partial charge in [-0.15, -0.1) is 6.58 Å². The summed E-state index contributed by atoms with van der Waals surface area (Å²) in [7, 11) is 0. The number of unbranched alkanes of at least 4 members (excludes halogenated alkanes) is 10. The second-order valence-corrected chi connectivity index (χ2v) is 4.95. The summed E-state index contributed by atoms with van der Waals surface area (Å²) >= 11 is 0. The molecule has 0 bridgehead atoms. The Morgan fingerprint density at radius 1 is 0.647 bits per heavy atom. The van der Waals surface area contributed by atoms with Crippen molar-refractivity contribution >= 4 is 0 Å². The van der Waals surface area contributed by atoms with E-state index >= 15 is 0 Å². The minimum absolute atomic E-state index is 1.15. The van der Waals surface area contributed by atoms with Gasteiger partial charge < -0.3 is 0 Å². The third-order valence-electron chi connectivity index (χ3n) is 3.17.